The third-order valence-electron chi connectivity index (χ3n) is 4.22. The molecule has 5 heteroatoms. The molecular weight excluding hydrogens is 336 g/mol. The Labute approximate surface area is 150 Å². The van der Waals surface area contributed by atoms with Gasteiger partial charge in [0.05, 0.1) is 6.04 Å². The molecule has 2 N–H and O–H groups in total. The largest absolute Gasteiger partial charge is 0.438 e. The van der Waals surface area contributed by atoms with E-state index in [1.807, 2.05) is 32.9 Å². The van der Waals surface area contributed by atoms with Gasteiger partial charge in [-0.25, -0.2) is 0 Å². The van der Waals surface area contributed by atoms with Crippen molar-refractivity contribution in [1.82, 2.24) is 5.32 Å². The molecule has 0 aliphatic rings. The summed E-state index contributed by atoms with van der Waals surface area (Å²) in [5, 5.41) is 12.2. The summed E-state index contributed by atoms with van der Waals surface area (Å²) in [4.78, 5) is 12.6. The van der Waals surface area contributed by atoms with Crippen LogP contribution in [0.15, 0.2) is 46.9 Å². The normalized spacial score (nSPS) is 12.2. The zero-order chi connectivity index (χ0) is 18.1. The van der Waals surface area contributed by atoms with Crippen molar-refractivity contribution in [3.05, 3.63) is 75.3 Å². The smallest absolute Gasteiger partial charge is 0.257 e. The van der Waals surface area contributed by atoms with Crippen molar-refractivity contribution < 1.29 is 9.21 Å². The van der Waals surface area contributed by atoms with E-state index in [2.05, 4.69) is 11.4 Å². The van der Waals surface area contributed by atoms with E-state index in [1.165, 1.54) is 0 Å². The minimum Gasteiger partial charge on any atom is -0.438 e. The standard InChI is InChI=1S/C20H19ClN2O2/c1-11-4-5-12(2)16(8-11)13(3)23-20(24)17-10-14-9-15(21)6-7-18(14)25-19(17)22/h4-10,13,22H,1-3H3,(H,23,24). The molecule has 1 amide bonds. The Morgan fingerprint density at radius 2 is 1.92 bits per heavy atom. The first kappa shape index (κ1) is 17.2. The van der Waals surface area contributed by atoms with Gasteiger partial charge in [0.15, 0.2) is 0 Å². The number of fused-ring (bicyclic) bond motifs is 1. The van der Waals surface area contributed by atoms with Crippen LogP contribution in [0, 0.1) is 19.3 Å². The molecule has 1 heterocycles. The molecule has 1 unspecified atom stereocenters. The molecule has 4 nitrogen and oxygen atoms in total. The maximum absolute atomic E-state index is 12.6. The van der Waals surface area contributed by atoms with Gasteiger partial charge in [0.1, 0.15) is 11.1 Å². The topological polar surface area (TPSA) is 66.1 Å². The van der Waals surface area contributed by atoms with E-state index in [0.717, 1.165) is 16.7 Å². The van der Waals surface area contributed by atoms with Crippen LogP contribution in [0.25, 0.3) is 11.0 Å². The number of hydrogen-bond acceptors (Lipinski definition) is 3. The minimum atomic E-state index is -0.343. The Morgan fingerprint density at radius 1 is 1.16 bits per heavy atom. The zero-order valence-corrected chi connectivity index (χ0v) is 15.1. The van der Waals surface area contributed by atoms with Crippen molar-refractivity contribution in [2.24, 2.45) is 0 Å². The summed E-state index contributed by atoms with van der Waals surface area (Å²) in [5.41, 5.74) is 3.85. The van der Waals surface area contributed by atoms with Crippen molar-refractivity contribution in [3.63, 3.8) is 0 Å². The molecule has 3 rings (SSSR count). The van der Waals surface area contributed by atoms with Crippen LogP contribution in [0.2, 0.25) is 5.02 Å². The Kier molecular flexibility index (Phi) is 4.64. The van der Waals surface area contributed by atoms with Gasteiger partial charge in [0.25, 0.3) is 5.91 Å². The number of carbonyl (C=O) groups is 1. The van der Waals surface area contributed by atoms with Crippen LogP contribution in [0.1, 0.15) is 40.0 Å². The maximum Gasteiger partial charge on any atom is 0.257 e. The molecule has 0 radical (unpaired) electrons. The molecule has 1 atom stereocenters. The first-order valence-electron chi connectivity index (χ1n) is 8.01. The summed E-state index contributed by atoms with van der Waals surface area (Å²) in [6.45, 7) is 5.96. The van der Waals surface area contributed by atoms with E-state index in [9.17, 15) is 4.79 Å². The molecule has 0 saturated carbocycles. The predicted molar refractivity (Wildman–Crippen MR) is 98.9 cm³/mol. The molecule has 0 aliphatic carbocycles. The lowest BCUT2D eigenvalue weighted by Gasteiger charge is -2.17. The van der Waals surface area contributed by atoms with Crippen molar-refractivity contribution in [2.45, 2.75) is 26.8 Å². The second-order valence-electron chi connectivity index (χ2n) is 6.23. The van der Waals surface area contributed by atoms with Gasteiger partial charge in [-0.15, -0.1) is 0 Å². The molecule has 0 aliphatic heterocycles. The highest BCUT2D eigenvalue weighted by atomic mass is 35.5. The van der Waals surface area contributed by atoms with Gasteiger partial charge in [-0.3, -0.25) is 10.2 Å². The Balaban J connectivity index is 1.93. The molecule has 0 spiro atoms. The molecular formula is C20H19ClN2O2. The molecule has 25 heavy (non-hydrogen) atoms. The summed E-state index contributed by atoms with van der Waals surface area (Å²) in [5.74, 6) is -0.343. The number of amides is 1. The fraction of sp³-hybridized carbons (Fsp3) is 0.200. The average molecular weight is 355 g/mol. The van der Waals surface area contributed by atoms with Crippen LogP contribution in [-0.2, 0) is 0 Å². The number of hydrogen-bond donors (Lipinski definition) is 2. The highest BCUT2D eigenvalue weighted by Crippen LogP contribution is 2.21. The van der Waals surface area contributed by atoms with Gasteiger partial charge < -0.3 is 9.73 Å². The molecule has 0 bridgehead atoms. The third-order valence-corrected chi connectivity index (χ3v) is 4.46. The SMILES string of the molecule is Cc1ccc(C)c(C(C)NC(=O)c2cc3cc(Cl)ccc3oc2=N)c1. The minimum absolute atomic E-state index is 0.166. The van der Waals surface area contributed by atoms with Crippen LogP contribution < -0.4 is 10.9 Å². The summed E-state index contributed by atoms with van der Waals surface area (Å²) in [6.07, 6.45) is 0. The molecule has 0 fully saturated rings. The lowest BCUT2D eigenvalue weighted by molar-refractivity contribution is 0.0935. The molecule has 2 aromatic carbocycles. The van der Waals surface area contributed by atoms with E-state index in [0.29, 0.717) is 16.0 Å². The lowest BCUT2D eigenvalue weighted by atomic mass is 10.00. The van der Waals surface area contributed by atoms with E-state index in [1.54, 1.807) is 24.3 Å². The fourth-order valence-corrected chi connectivity index (χ4v) is 3.04. The number of aryl methyl sites for hydroxylation is 2. The summed E-state index contributed by atoms with van der Waals surface area (Å²) in [6, 6.07) is 12.7. The van der Waals surface area contributed by atoms with Gasteiger partial charge in [0.2, 0.25) is 5.55 Å². The Hall–Kier alpha value is -2.59. The second-order valence-corrected chi connectivity index (χ2v) is 6.66. The van der Waals surface area contributed by atoms with Crippen LogP contribution in [0.5, 0.6) is 0 Å². The number of carbonyl (C=O) groups excluding carboxylic acids is 1. The monoisotopic (exact) mass is 354 g/mol. The Bertz CT molecular complexity index is 1020. The third kappa shape index (κ3) is 3.59. The van der Waals surface area contributed by atoms with Crippen molar-refractivity contribution in [3.8, 4) is 0 Å². The molecule has 1 aromatic heterocycles. The van der Waals surface area contributed by atoms with E-state index >= 15 is 0 Å². The number of nitrogens with one attached hydrogen (secondary N) is 2. The zero-order valence-electron chi connectivity index (χ0n) is 14.3. The van der Waals surface area contributed by atoms with Crippen LogP contribution >= 0.6 is 11.6 Å². The highest BCUT2D eigenvalue weighted by molar-refractivity contribution is 6.31. The number of rotatable bonds is 3. The van der Waals surface area contributed by atoms with Gasteiger partial charge in [-0.1, -0.05) is 35.4 Å². The predicted octanol–water partition coefficient (Wildman–Crippen LogP) is 4.67. The highest BCUT2D eigenvalue weighted by Gasteiger charge is 2.16. The van der Waals surface area contributed by atoms with Crippen molar-refractivity contribution >= 4 is 28.5 Å². The number of benzene rings is 2. The van der Waals surface area contributed by atoms with E-state index in [4.69, 9.17) is 21.4 Å². The molecule has 128 valence electrons. The van der Waals surface area contributed by atoms with Crippen LogP contribution in [0.4, 0.5) is 0 Å². The van der Waals surface area contributed by atoms with Crippen molar-refractivity contribution in [1.29, 1.82) is 5.41 Å². The van der Waals surface area contributed by atoms with Crippen LogP contribution in [0.3, 0.4) is 0 Å². The van der Waals surface area contributed by atoms with Gasteiger partial charge >= 0.3 is 0 Å². The van der Waals surface area contributed by atoms with Gasteiger partial charge in [0, 0.05) is 10.4 Å². The fourth-order valence-electron chi connectivity index (χ4n) is 2.86. The van der Waals surface area contributed by atoms with Crippen molar-refractivity contribution in [2.75, 3.05) is 0 Å². The molecule has 3 aromatic rings. The summed E-state index contributed by atoms with van der Waals surface area (Å²) >= 11 is 6.00. The van der Waals surface area contributed by atoms with Gasteiger partial charge in [-0.05, 0) is 56.2 Å². The summed E-state index contributed by atoms with van der Waals surface area (Å²) in [7, 11) is 0. The second kappa shape index (κ2) is 6.73. The van der Waals surface area contributed by atoms with Gasteiger partial charge in [-0.2, -0.15) is 0 Å². The number of halogens is 1. The van der Waals surface area contributed by atoms with E-state index in [-0.39, 0.29) is 23.1 Å². The first-order valence-corrected chi connectivity index (χ1v) is 8.39. The first-order chi connectivity index (χ1) is 11.8. The maximum atomic E-state index is 12.6. The van der Waals surface area contributed by atoms with E-state index < -0.39 is 0 Å². The molecule has 0 saturated heterocycles. The lowest BCUT2D eigenvalue weighted by Crippen LogP contribution is -2.31. The Morgan fingerprint density at radius 3 is 2.68 bits per heavy atom. The average Bonchev–Trinajstić information content (AvgIpc) is 2.56. The quantitative estimate of drug-likeness (QED) is 0.717. The van der Waals surface area contributed by atoms with Crippen LogP contribution in [-0.4, -0.2) is 5.91 Å². The summed E-state index contributed by atoms with van der Waals surface area (Å²) < 4.78 is 5.45.